The van der Waals surface area contributed by atoms with E-state index in [0.29, 0.717) is 13.1 Å². The lowest BCUT2D eigenvalue weighted by Crippen LogP contribution is -2.55. The van der Waals surface area contributed by atoms with Crippen LogP contribution in [0.1, 0.15) is 33.3 Å². The molecule has 1 aromatic carbocycles. The van der Waals surface area contributed by atoms with Gasteiger partial charge in [-0.2, -0.15) is 0 Å². The average Bonchev–Trinajstić information content (AvgIpc) is 2.62. The Bertz CT molecular complexity index is 665. The van der Waals surface area contributed by atoms with E-state index in [9.17, 15) is 9.59 Å². The predicted octanol–water partition coefficient (Wildman–Crippen LogP) is 2.91. The van der Waals surface area contributed by atoms with Gasteiger partial charge in [-0.25, -0.2) is 0 Å². The molecular weight excluding hydrogens is 334 g/mol. The van der Waals surface area contributed by atoms with Gasteiger partial charge in [0.2, 0.25) is 0 Å². The fourth-order valence-corrected chi connectivity index (χ4v) is 3.34. The lowest BCUT2D eigenvalue weighted by molar-refractivity contribution is -0.133. The van der Waals surface area contributed by atoms with Crippen LogP contribution in [0, 0.1) is 0 Å². The maximum Gasteiger partial charge on any atom is 0.265 e. The molecule has 0 atom stereocenters. The molecule has 2 amide bonds. The van der Waals surface area contributed by atoms with Crippen molar-refractivity contribution in [3.63, 3.8) is 0 Å². The molecule has 0 unspecified atom stereocenters. The summed E-state index contributed by atoms with van der Waals surface area (Å²) in [4.78, 5) is 30.4. The molecule has 25 heavy (non-hydrogen) atoms. The third kappa shape index (κ3) is 3.74. The molecule has 1 aliphatic rings. The van der Waals surface area contributed by atoms with Crippen molar-refractivity contribution in [2.75, 3.05) is 31.1 Å². The molecule has 0 N–H and O–H groups in total. The number of benzene rings is 1. The maximum absolute atomic E-state index is 12.6. The number of nitrogens with zero attached hydrogens (tertiary/aromatic N) is 3. The van der Waals surface area contributed by atoms with Crippen LogP contribution in [0.2, 0.25) is 0 Å². The highest BCUT2D eigenvalue weighted by atomic mass is 32.1. The topological polar surface area (TPSA) is 43.9 Å². The molecule has 0 radical (unpaired) electrons. The third-order valence-electron chi connectivity index (χ3n) is 4.38. The first-order chi connectivity index (χ1) is 12.0. The van der Waals surface area contributed by atoms with Gasteiger partial charge in [0, 0.05) is 31.9 Å². The second-order valence-electron chi connectivity index (χ2n) is 5.70. The largest absolute Gasteiger partial charge is 0.372 e. The van der Waals surface area contributed by atoms with Crippen molar-refractivity contribution in [1.82, 2.24) is 9.80 Å². The molecule has 1 fully saturated rings. The summed E-state index contributed by atoms with van der Waals surface area (Å²) >= 11 is 5.27. The van der Waals surface area contributed by atoms with Crippen molar-refractivity contribution in [2.24, 2.45) is 0 Å². The van der Waals surface area contributed by atoms with Crippen LogP contribution >= 0.6 is 12.2 Å². The molecule has 1 saturated heterocycles. The SMILES string of the molecule is CCN1C(=O)C(=Cc2ccc(N(CC)CC)cc2)C(=O)N(CC)C1=S. The first kappa shape index (κ1) is 19.1. The Morgan fingerprint density at radius 1 is 0.920 bits per heavy atom. The van der Waals surface area contributed by atoms with Gasteiger partial charge in [0.15, 0.2) is 5.11 Å². The Kier molecular flexibility index (Phi) is 6.31. The van der Waals surface area contributed by atoms with Crippen LogP contribution in [0.15, 0.2) is 29.8 Å². The van der Waals surface area contributed by atoms with Crippen molar-refractivity contribution in [2.45, 2.75) is 27.7 Å². The zero-order valence-corrected chi connectivity index (χ0v) is 16.1. The number of hydrogen-bond acceptors (Lipinski definition) is 4. The van der Waals surface area contributed by atoms with Crippen LogP contribution in [0.5, 0.6) is 0 Å². The van der Waals surface area contributed by atoms with Crippen LogP contribution < -0.4 is 4.90 Å². The number of thiocarbonyl (C=S) groups is 1. The molecule has 1 aromatic rings. The van der Waals surface area contributed by atoms with Gasteiger partial charge in [0.25, 0.3) is 11.8 Å². The number of likely N-dealkylation sites (N-methyl/N-ethyl adjacent to an activating group) is 2. The van der Waals surface area contributed by atoms with Crippen molar-refractivity contribution < 1.29 is 9.59 Å². The first-order valence-corrected chi connectivity index (χ1v) is 9.13. The minimum Gasteiger partial charge on any atom is -0.372 e. The summed E-state index contributed by atoms with van der Waals surface area (Å²) in [6, 6.07) is 7.88. The van der Waals surface area contributed by atoms with Gasteiger partial charge in [0.05, 0.1) is 0 Å². The molecule has 0 aliphatic carbocycles. The van der Waals surface area contributed by atoms with Crippen molar-refractivity contribution in [3.8, 4) is 0 Å². The second kappa shape index (κ2) is 8.25. The summed E-state index contributed by atoms with van der Waals surface area (Å²) in [6.45, 7) is 10.7. The van der Waals surface area contributed by atoms with E-state index in [-0.39, 0.29) is 22.5 Å². The number of anilines is 1. The van der Waals surface area contributed by atoms with E-state index in [2.05, 4.69) is 18.7 Å². The standard InChI is InChI=1S/C19H25N3O2S/c1-5-20(6-2)15-11-9-14(10-12-15)13-16-17(23)21(7-3)19(25)22(8-4)18(16)24/h9-13H,5-8H2,1-4H3. The molecule has 6 heteroatoms. The Hall–Kier alpha value is -2.21. The molecular formula is C19H25N3O2S. The molecule has 1 aliphatic heterocycles. The van der Waals surface area contributed by atoms with E-state index in [1.807, 2.05) is 38.1 Å². The lowest BCUT2D eigenvalue weighted by atomic mass is 10.1. The molecule has 1 heterocycles. The van der Waals surface area contributed by atoms with Gasteiger partial charge in [0.1, 0.15) is 5.57 Å². The number of carbonyl (C=O) groups is 2. The monoisotopic (exact) mass is 359 g/mol. The molecule has 0 spiro atoms. The molecule has 0 bridgehead atoms. The van der Waals surface area contributed by atoms with Gasteiger partial charge < -0.3 is 4.90 Å². The fourth-order valence-electron chi connectivity index (χ4n) is 2.92. The zero-order valence-electron chi connectivity index (χ0n) is 15.3. The smallest absolute Gasteiger partial charge is 0.265 e. The van der Waals surface area contributed by atoms with Crippen LogP contribution in [-0.4, -0.2) is 52.9 Å². The summed E-state index contributed by atoms with van der Waals surface area (Å²) in [6.07, 6.45) is 1.66. The Labute approximate surface area is 154 Å². The van der Waals surface area contributed by atoms with Crippen LogP contribution in [-0.2, 0) is 9.59 Å². The number of hydrogen-bond donors (Lipinski definition) is 0. The van der Waals surface area contributed by atoms with Crippen molar-refractivity contribution in [1.29, 1.82) is 0 Å². The normalized spacial score (nSPS) is 15.0. The Morgan fingerprint density at radius 2 is 1.40 bits per heavy atom. The summed E-state index contributed by atoms with van der Waals surface area (Å²) in [5, 5.41) is 0.286. The van der Waals surface area contributed by atoms with Gasteiger partial charge in [-0.3, -0.25) is 19.4 Å². The minimum atomic E-state index is -0.324. The molecule has 134 valence electrons. The summed E-state index contributed by atoms with van der Waals surface area (Å²) in [7, 11) is 0. The van der Waals surface area contributed by atoms with E-state index in [1.165, 1.54) is 9.80 Å². The predicted molar refractivity (Wildman–Crippen MR) is 105 cm³/mol. The highest BCUT2D eigenvalue weighted by Crippen LogP contribution is 2.22. The van der Waals surface area contributed by atoms with E-state index in [1.54, 1.807) is 6.08 Å². The highest BCUT2D eigenvalue weighted by molar-refractivity contribution is 7.80. The zero-order chi connectivity index (χ0) is 18.6. The number of rotatable bonds is 6. The fraction of sp³-hybridized carbons (Fsp3) is 0.421. The average molecular weight is 359 g/mol. The quantitative estimate of drug-likeness (QED) is 0.445. The van der Waals surface area contributed by atoms with Gasteiger partial charge in [-0.05, 0) is 63.7 Å². The lowest BCUT2D eigenvalue weighted by Gasteiger charge is -2.35. The van der Waals surface area contributed by atoms with E-state index >= 15 is 0 Å². The maximum atomic E-state index is 12.6. The van der Waals surface area contributed by atoms with Gasteiger partial charge >= 0.3 is 0 Å². The van der Waals surface area contributed by atoms with Crippen molar-refractivity contribution in [3.05, 3.63) is 35.4 Å². The summed E-state index contributed by atoms with van der Waals surface area (Å²) in [5.74, 6) is -0.648. The molecule has 2 rings (SSSR count). The van der Waals surface area contributed by atoms with Crippen LogP contribution in [0.4, 0.5) is 5.69 Å². The molecule has 5 nitrogen and oxygen atoms in total. The third-order valence-corrected chi connectivity index (χ3v) is 4.82. The molecule has 0 saturated carbocycles. The van der Waals surface area contributed by atoms with Crippen molar-refractivity contribution >= 4 is 40.9 Å². The van der Waals surface area contributed by atoms with E-state index < -0.39 is 0 Å². The minimum absolute atomic E-state index is 0.160. The Balaban J connectivity index is 2.36. The Morgan fingerprint density at radius 3 is 1.80 bits per heavy atom. The first-order valence-electron chi connectivity index (χ1n) is 8.72. The van der Waals surface area contributed by atoms with Gasteiger partial charge in [-0.1, -0.05) is 12.1 Å². The van der Waals surface area contributed by atoms with Gasteiger partial charge in [-0.15, -0.1) is 0 Å². The van der Waals surface area contributed by atoms with Crippen LogP contribution in [0.25, 0.3) is 6.08 Å². The summed E-state index contributed by atoms with van der Waals surface area (Å²) < 4.78 is 0. The molecule has 0 aromatic heterocycles. The van der Waals surface area contributed by atoms with E-state index in [0.717, 1.165) is 24.3 Å². The highest BCUT2D eigenvalue weighted by Gasteiger charge is 2.37. The summed E-state index contributed by atoms with van der Waals surface area (Å²) in [5.41, 5.74) is 2.11. The second-order valence-corrected chi connectivity index (χ2v) is 6.07. The number of carbonyl (C=O) groups excluding carboxylic acids is 2. The van der Waals surface area contributed by atoms with E-state index in [4.69, 9.17) is 12.2 Å². The number of amides is 2. The van der Waals surface area contributed by atoms with Crippen LogP contribution in [0.3, 0.4) is 0 Å².